The fourth-order valence-electron chi connectivity index (χ4n) is 2.28. The molecule has 0 saturated carbocycles. The molecular formula is C17H12ClF3N4OS. The number of para-hydroxylation sites is 2. The highest BCUT2D eigenvalue weighted by Gasteiger charge is 2.34. The molecule has 1 aromatic heterocycles. The van der Waals surface area contributed by atoms with Crippen LogP contribution in [0.5, 0.6) is 0 Å². The van der Waals surface area contributed by atoms with Crippen LogP contribution in [0.1, 0.15) is 5.56 Å². The lowest BCUT2D eigenvalue weighted by Crippen LogP contribution is -2.18. The van der Waals surface area contributed by atoms with Crippen LogP contribution in [0.2, 0.25) is 5.02 Å². The summed E-state index contributed by atoms with van der Waals surface area (Å²) in [5, 5.41) is 10.2. The van der Waals surface area contributed by atoms with Gasteiger partial charge in [-0.1, -0.05) is 47.6 Å². The number of thioether (sulfide) groups is 1. The van der Waals surface area contributed by atoms with Crippen molar-refractivity contribution in [1.82, 2.24) is 14.8 Å². The Bertz CT molecular complexity index is 947. The molecule has 27 heavy (non-hydrogen) atoms. The average molecular weight is 413 g/mol. The van der Waals surface area contributed by atoms with E-state index in [1.165, 1.54) is 18.5 Å². The lowest BCUT2D eigenvalue weighted by atomic mass is 10.1. The molecule has 2 aromatic carbocycles. The number of anilines is 1. The van der Waals surface area contributed by atoms with E-state index in [9.17, 15) is 18.0 Å². The predicted octanol–water partition coefficient (Wildman–Crippen LogP) is 4.67. The molecule has 1 N–H and O–H groups in total. The summed E-state index contributed by atoms with van der Waals surface area (Å²) >= 11 is 6.88. The second-order valence-electron chi connectivity index (χ2n) is 5.32. The van der Waals surface area contributed by atoms with Crippen molar-refractivity contribution >= 4 is 35.0 Å². The lowest BCUT2D eigenvalue weighted by Gasteiger charge is -2.15. The van der Waals surface area contributed by atoms with Crippen molar-refractivity contribution in [2.75, 3.05) is 11.1 Å². The van der Waals surface area contributed by atoms with Gasteiger partial charge >= 0.3 is 6.18 Å². The Morgan fingerprint density at radius 3 is 2.59 bits per heavy atom. The quantitative estimate of drug-likeness (QED) is 0.619. The predicted molar refractivity (Wildman–Crippen MR) is 97.2 cm³/mol. The van der Waals surface area contributed by atoms with Crippen LogP contribution in [0.3, 0.4) is 0 Å². The van der Waals surface area contributed by atoms with E-state index in [2.05, 4.69) is 15.5 Å². The SMILES string of the molecule is O=C(CSc1nncn1-c1ccccc1)Nc1c(Cl)cccc1C(F)(F)F. The highest BCUT2D eigenvalue weighted by Crippen LogP contribution is 2.38. The van der Waals surface area contributed by atoms with Gasteiger partial charge in [-0.2, -0.15) is 13.2 Å². The summed E-state index contributed by atoms with van der Waals surface area (Å²) in [5.74, 6) is -0.796. The summed E-state index contributed by atoms with van der Waals surface area (Å²) in [7, 11) is 0. The van der Waals surface area contributed by atoms with E-state index in [1.807, 2.05) is 30.3 Å². The maximum atomic E-state index is 13.1. The zero-order valence-electron chi connectivity index (χ0n) is 13.6. The van der Waals surface area contributed by atoms with E-state index in [0.717, 1.165) is 23.5 Å². The molecule has 0 saturated heterocycles. The fraction of sp³-hybridized carbons (Fsp3) is 0.118. The van der Waals surface area contributed by atoms with Gasteiger partial charge < -0.3 is 5.32 Å². The third-order valence-electron chi connectivity index (χ3n) is 3.47. The van der Waals surface area contributed by atoms with Gasteiger partial charge in [0.2, 0.25) is 5.91 Å². The summed E-state index contributed by atoms with van der Waals surface area (Å²) < 4.78 is 41.0. The van der Waals surface area contributed by atoms with E-state index in [-0.39, 0.29) is 10.8 Å². The number of aromatic nitrogens is 3. The number of halogens is 4. The second kappa shape index (κ2) is 8.01. The number of nitrogens with zero attached hydrogens (tertiary/aromatic N) is 3. The van der Waals surface area contributed by atoms with Crippen LogP contribution in [-0.4, -0.2) is 26.4 Å². The van der Waals surface area contributed by atoms with E-state index < -0.39 is 23.3 Å². The Balaban J connectivity index is 1.72. The smallest absolute Gasteiger partial charge is 0.324 e. The first kappa shape index (κ1) is 19.2. The van der Waals surface area contributed by atoms with Crippen molar-refractivity contribution in [3.05, 3.63) is 65.4 Å². The number of alkyl halides is 3. The minimum Gasteiger partial charge on any atom is -0.324 e. The van der Waals surface area contributed by atoms with E-state index in [1.54, 1.807) is 4.57 Å². The van der Waals surface area contributed by atoms with Crippen LogP contribution in [0.15, 0.2) is 60.0 Å². The molecule has 3 rings (SSSR count). The third kappa shape index (κ3) is 4.61. The van der Waals surface area contributed by atoms with Gasteiger partial charge in [-0.15, -0.1) is 10.2 Å². The van der Waals surface area contributed by atoms with E-state index in [4.69, 9.17) is 11.6 Å². The number of carbonyl (C=O) groups is 1. The highest BCUT2D eigenvalue weighted by molar-refractivity contribution is 7.99. The van der Waals surface area contributed by atoms with Gasteiger partial charge in [0.25, 0.3) is 0 Å². The van der Waals surface area contributed by atoms with Crippen molar-refractivity contribution in [3.8, 4) is 5.69 Å². The fourth-order valence-corrected chi connectivity index (χ4v) is 3.23. The molecule has 0 aliphatic carbocycles. The molecule has 140 valence electrons. The van der Waals surface area contributed by atoms with Crippen molar-refractivity contribution in [2.24, 2.45) is 0 Å². The standard InChI is InChI=1S/C17H12ClF3N4OS/c18-13-8-4-7-12(17(19,20)21)15(13)23-14(26)9-27-16-24-22-10-25(16)11-5-2-1-3-6-11/h1-8,10H,9H2,(H,23,26). The zero-order chi connectivity index (χ0) is 19.4. The first-order chi connectivity index (χ1) is 12.9. The topological polar surface area (TPSA) is 59.8 Å². The Morgan fingerprint density at radius 2 is 1.89 bits per heavy atom. The van der Waals surface area contributed by atoms with Crippen molar-refractivity contribution in [3.63, 3.8) is 0 Å². The number of amides is 1. The molecule has 5 nitrogen and oxygen atoms in total. The number of hydrogen-bond donors (Lipinski definition) is 1. The Labute approximate surface area is 161 Å². The summed E-state index contributed by atoms with van der Waals surface area (Å²) in [6.45, 7) is 0. The van der Waals surface area contributed by atoms with Gasteiger partial charge in [0.05, 0.1) is 22.0 Å². The molecule has 0 fully saturated rings. The molecule has 1 amide bonds. The van der Waals surface area contributed by atoms with Crippen molar-refractivity contribution < 1.29 is 18.0 Å². The third-order valence-corrected chi connectivity index (χ3v) is 4.72. The maximum Gasteiger partial charge on any atom is 0.418 e. The largest absolute Gasteiger partial charge is 0.418 e. The highest BCUT2D eigenvalue weighted by atomic mass is 35.5. The molecule has 10 heteroatoms. The van der Waals surface area contributed by atoms with Gasteiger partial charge in [0.1, 0.15) is 6.33 Å². The molecule has 0 aliphatic rings. The van der Waals surface area contributed by atoms with Crippen LogP contribution < -0.4 is 5.32 Å². The second-order valence-corrected chi connectivity index (χ2v) is 6.67. The zero-order valence-corrected chi connectivity index (χ0v) is 15.1. The molecule has 1 heterocycles. The van der Waals surface area contributed by atoms with Gasteiger partial charge in [-0.05, 0) is 24.3 Å². The summed E-state index contributed by atoms with van der Waals surface area (Å²) in [6.07, 6.45) is -3.14. The molecule has 0 radical (unpaired) electrons. The Kier molecular flexibility index (Phi) is 5.71. The lowest BCUT2D eigenvalue weighted by molar-refractivity contribution is -0.137. The molecular weight excluding hydrogens is 401 g/mol. The number of carbonyl (C=O) groups excluding carboxylic acids is 1. The van der Waals surface area contributed by atoms with E-state index in [0.29, 0.717) is 5.16 Å². The van der Waals surface area contributed by atoms with Crippen molar-refractivity contribution in [2.45, 2.75) is 11.3 Å². The van der Waals surface area contributed by atoms with Crippen molar-refractivity contribution in [1.29, 1.82) is 0 Å². The molecule has 0 spiro atoms. The normalized spacial score (nSPS) is 11.4. The first-order valence-electron chi connectivity index (χ1n) is 7.60. The summed E-state index contributed by atoms with van der Waals surface area (Å²) in [6, 6.07) is 12.5. The first-order valence-corrected chi connectivity index (χ1v) is 8.96. The van der Waals surface area contributed by atoms with Crippen LogP contribution in [0, 0.1) is 0 Å². The molecule has 0 bridgehead atoms. The maximum absolute atomic E-state index is 13.1. The summed E-state index contributed by atoms with van der Waals surface area (Å²) in [4.78, 5) is 12.2. The molecule has 0 aliphatic heterocycles. The van der Waals surface area contributed by atoms with Crippen LogP contribution in [-0.2, 0) is 11.0 Å². The minimum atomic E-state index is -4.63. The molecule has 0 atom stereocenters. The van der Waals surface area contributed by atoms with Gasteiger partial charge in [-0.3, -0.25) is 9.36 Å². The minimum absolute atomic E-state index is 0.159. The molecule has 3 aromatic rings. The average Bonchev–Trinajstić information content (AvgIpc) is 3.10. The number of hydrogen-bond acceptors (Lipinski definition) is 4. The monoisotopic (exact) mass is 412 g/mol. The van der Waals surface area contributed by atoms with Gasteiger partial charge in [-0.25, -0.2) is 0 Å². The molecule has 0 unspecified atom stereocenters. The Morgan fingerprint density at radius 1 is 1.15 bits per heavy atom. The van der Waals surface area contributed by atoms with Gasteiger partial charge in [0.15, 0.2) is 5.16 Å². The van der Waals surface area contributed by atoms with E-state index >= 15 is 0 Å². The summed E-state index contributed by atoms with van der Waals surface area (Å²) in [5.41, 5.74) is -0.654. The van der Waals surface area contributed by atoms with Crippen LogP contribution >= 0.6 is 23.4 Å². The van der Waals surface area contributed by atoms with Crippen LogP contribution in [0.4, 0.5) is 18.9 Å². The van der Waals surface area contributed by atoms with Gasteiger partial charge in [0, 0.05) is 5.69 Å². The van der Waals surface area contributed by atoms with Crippen LogP contribution in [0.25, 0.3) is 5.69 Å². The number of rotatable bonds is 5. The number of nitrogens with one attached hydrogen (secondary N) is 1. The Hall–Kier alpha value is -2.52. The number of benzene rings is 2.